The number of nitrogens with zero attached hydrogens (tertiary/aromatic N) is 4. The lowest BCUT2D eigenvalue weighted by atomic mass is 10.1. The summed E-state index contributed by atoms with van der Waals surface area (Å²) in [5.74, 6) is -0.128. The molecule has 1 heterocycles. The summed E-state index contributed by atoms with van der Waals surface area (Å²) in [7, 11) is 0. The van der Waals surface area contributed by atoms with E-state index in [2.05, 4.69) is 26.0 Å². The van der Waals surface area contributed by atoms with Crippen molar-refractivity contribution in [2.24, 2.45) is 0 Å². The molecule has 0 atom stereocenters. The molecule has 9 heteroatoms. The number of tetrazole rings is 1. The van der Waals surface area contributed by atoms with Gasteiger partial charge in [-0.3, -0.25) is 9.59 Å². The number of halogens is 1. The maximum Gasteiger partial charge on any atom is 0.248 e. The molecule has 3 rings (SSSR count). The average molecular weight is 399 g/mol. The minimum Gasteiger partial charge on any atom is -0.325 e. The predicted molar refractivity (Wildman–Crippen MR) is 107 cm³/mol. The van der Waals surface area contributed by atoms with E-state index in [0.29, 0.717) is 22.1 Å². The molecule has 3 aromatic rings. The first-order chi connectivity index (χ1) is 13.5. The topological polar surface area (TPSA) is 102 Å². The number of para-hydroxylation sites is 1. The average Bonchev–Trinajstić information content (AvgIpc) is 3.11. The van der Waals surface area contributed by atoms with Crippen molar-refractivity contribution in [1.82, 2.24) is 20.2 Å². The van der Waals surface area contributed by atoms with Gasteiger partial charge in [-0.15, -0.1) is 10.2 Å². The molecule has 0 saturated heterocycles. The van der Waals surface area contributed by atoms with Crippen molar-refractivity contribution in [3.8, 4) is 11.4 Å². The maximum absolute atomic E-state index is 12.3. The minimum absolute atomic E-state index is 0.0667. The van der Waals surface area contributed by atoms with Gasteiger partial charge in [-0.1, -0.05) is 36.7 Å². The number of aryl methyl sites for hydroxylation is 1. The summed E-state index contributed by atoms with van der Waals surface area (Å²) in [5.41, 5.74) is 2.95. The Kier molecular flexibility index (Phi) is 6.00. The van der Waals surface area contributed by atoms with Gasteiger partial charge in [-0.05, 0) is 41.5 Å². The highest BCUT2D eigenvalue weighted by Gasteiger charge is 2.12. The van der Waals surface area contributed by atoms with Crippen molar-refractivity contribution < 1.29 is 9.59 Å². The van der Waals surface area contributed by atoms with Crippen molar-refractivity contribution in [2.45, 2.75) is 26.8 Å². The summed E-state index contributed by atoms with van der Waals surface area (Å²) in [5, 5.41) is 18.0. The quantitative estimate of drug-likeness (QED) is 0.664. The van der Waals surface area contributed by atoms with Crippen molar-refractivity contribution >= 4 is 34.8 Å². The van der Waals surface area contributed by atoms with Gasteiger partial charge in [0.2, 0.25) is 17.6 Å². The van der Waals surface area contributed by atoms with Crippen LogP contribution in [0.2, 0.25) is 5.02 Å². The summed E-state index contributed by atoms with van der Waals surface area (Å²) in [6.45, 7) is 3.36. The number of rotatable bonds is 6. The zero-order chi connectivity index (χ0) is 20.1. The Hall–Kier alpha value is -3.26. The Labute approximate surface area is 166 Å². The van der Waals surface area contributed by atoms with Gasteiger partial charge in [0.1, 0.15) is 6.54 Å². The smallest absolute Gasteiger partial charge is 0.248 e. The van der Waals surface area contributed by atoms with Gasteiger partial charge < -0.3 is 10.6 Å². The Morgan fingerprint density at radius 2 is 1.89 bits per heavy atom. The third kappa shape index (κ3) is 4.72. The fraction of sp³-hybridized carbons (Fsp3) is 0.211. The summed E-state index contributed by atoms with van der Waals surface area (Å²) in [4.78, 5) is 24.7. The van der Waals surface area contributed by atoms with Crippen molar-refractivity contribution in [3.63, 3.8) is 0 Å². The zero-order valence-corrected chi connectivity index (χ0v) is 16.2. The van der Waals surface area contributed by atoms with E-state index >= 15 is 0 Å². The van der Waals surface area contributed by atoms with Crippen LogP contribution in [0.25, 0.3) is 11.4 Å². The summed E-state index contributed by atoms with van der Waals surface area (Å²) in [6.07, 6.45) is 0.817. The van der Waals surface area contributed by atoms with Crippen LogP contribution in [0.5, 0.6) is 0 Å². The number of anilines is 2. The third-order valence-electron chi connectivity index (χ3n) is 3.95. The fourth-order valence-electron chi connectivity index (χ4n) is 2.64. The molecule has 28 heavy (non-hydrogen) atoms. The number of carbonyl (C=O) groups excluding carboxylic acids is 2. The molecule has 144 valence electrons. The Bertz CT molecular complexity index is 1020. The van der Waals surface area contributed by atoms with E-state index in [9.17, 15) is 9.59 Å². The number of hydrogen-bond acceptors (Lipinski definition) is 5. The molecule has 0 radical (unpaired) electrons. The molecule has 0 saturated carbocycles. The third-order valence-corrected chi connectivity index (χ3v) is 4.26. The van der Waals surface area contributed by atoms with Crippen molar-refractivity contribution in [1.29, 1.82) is 0 Å². The molecule has 0 fully saturated rings. The lowest BCUT2D eigenvalue weighted by Crippen LogP contribution is -2.21. The largest absolute Gasteiger partial charge is 0.325 e. The molecule has 0 bridgehead atoms. The molecule has 0 aliphatic rings. The van der Waals surface area contributed by atoms with Crippen molar-refractivity contribution in [3.05, 3.63) is 53.1 Å². The Morgan fingerprint density at radius 1 is 1.11 bits per heavy atom. The summed E-state index contributed by atoms with van der Waals surface area (Å²) in [6, 6.07) is 12.6. The second kappa shape index (κ2) is 8.62. The molecule has 0 aliphatic heterocycles. The van der Waals surface area contributed by atoms with E-state index in [1.165, 1.54) is 11.7 Å². The monoisotopic (exact) mass is 398 g/mol. The van der Waals surface area contributed by atoms with E-state index in [-0.39, 0.29) is 18.4 Å². The van der Waals surface area contributed by atoms with Gasteiger partial charge in [-0.2, -0.15) is 4.80 Å². The normalized spacial score (nSPS) is 10.5. The number of hydrogen-bond donors (Lipinski definition) is 2. The van der Waals surface area contributed by atoms with Crippen LogP contribution < -0.4 is 10.6 Å². The lowest BCUT2D eigenvalue weighted by Gasteiger charge is -2.08. The summed E-state index contributed by atoms with van der Waals surface area (Å²) >= 11 is 6.17. The van der Waals surface area contributed by atoms with Crippen LogP contribution in [-0.2, 0) is 22.6 Å². The van der Waals surface area contributed by atoms with Gasteiger partial charge in [0.25, 0.3) is 0 Å². The molecular weight excluding hydrogens is 380 g/mol. The summed E-state index contributed by atoms with van der Waals surface area (Å²) < 4.78 is 0. The molecular formula is C19H19ClN6O2. The SMILES string of the molecule is CCc1ccccc1NC(=O)Cn1nnc(-c2ccc(NC(C)=O)c(Cl)c2)n1. The standard InChI is InChI=1S/C19H19ClN6O2/c1-3-13-6-4-5-7-16(13)22-18(28)11-26-24-19(23-25-26)14-8-9-17(15(20)10-14)21-12(2)27/h4-10H,3,11H2,1-2H3,(H,21,27)(H,22,28). The first kappa shape index (κ1) is 19.5. The first-order valence-corrected chi connectivity index (χ1v) is 9.07. The highest BCUT2D eigenvalue weighted by atomic mass is 35.5. The van der Waals surface area contributed by atoms with Crippen LogP contribution in [0.4, 0.5) is 11.4 Å². The number of benzene rings is 2. The van der Waals surface area contributed by atoms with E-state index in [1.807, 2.05) is 31.2 Å². The number of nitrogens with one attached hydrogen (secondary N) is 2. The van der Waals surface area contributed by atoms with Crippen LogP contribution in [0.3, 0.4) is 0 Å². The fourth-order valence-corrected chi connectivity index (χ4v) is 2.87. The zero-order valence-electron chi connectivity index (χ0n) is 15.4. The molecule has 2 amide bonds. The van der Waals surface area contributed by atoms with Crippen molar-refractivity contribution in [2.75, 3.05) is 10.6 Å². The van der Waals surface area contributed by atoms with E-state index in [1.54, 1.807) is 18.2 Å². The van der Waals surface area contributed by atoms with Crippen LogP contribution in [0.1, 0.15) is 19.4 Å². The van der Waals surface area contributed by atoms with Gasteiger partial charge in [0, 0.05) is 18.2 Å². The molecule has 0 spiro atoms. The molecule has 2 aromatic carbocycles. The van der Waals surface area contributed by atoms with E-state index < -0.39 is 0 Å². The number of aromatic nitrogens is 4. The van der Waals surface area contributed by atoms with Gasteiger partial charge >= 0.3 is 0 Å². The van der Waals surface area contributed by atoms with Crippen LogP contribution >= 0.6 is 11.6 Å². The maximum atomic E-state index is 12.3. The second-order valence-electron chi connectivity index (χ2n) is 6.08. The molecule has 2 N–H and O–H groups in total. The first-order valence-electron chi connectivity index (χ1n) is 8.69. The molecule has 1 aromatic heterocycles. The Morgan fingerprint density at radius 3 is 2.61 bits per heavy atom. The second-order valence-corrected chi connectivity index (χ2v) is 6.49. The van der Waals surface area contributed by atoms with Crippen LogP contribution in [0, 0.1) is 0 Å². The number of amides is 2. The number of carbonyl (C=O) groups is 2. The Balaban J connectivity index is 1.69. The highest BCUT2D eigenvalue weighted by Crippen LogP contribution is 2.26. The highest BCUT2D eigenvalue weighted by molar-refractivity contribution is 6.34. The van der Waals surface area contributed by atoms with Crippen LogP contribution in [-0.4, -0.2) is 32.0 Å². The van der Waals surface area contributed by atoms with E-state index in [4.69, 9.17) is 11.6 Å². The molecule has 8 nitrogen and oxygen atoms in total. The van der Waals surface area contributed by atoms with E-state index in [0.717, 1.165) is 17.7 Å². The van der Waals surface area contributed by atoms with Crippen LogP contribution in [0.15, 0.2) is 42.5 Å². The van der Waals surface area contributed by atoms with Gasteiger partial charge in [0.05, 0.1) is 10.7 Å². The van der Waals surface area contributed by atoms with Gasteiger partial charge in [-0.25, -0.2) is 0 Å². The minimum atomic E-state index is -0.246. The van der Waals surface area contributed by atoms with Gasteiger partial charge in [0.15, 0.2) is 0 Å². The molecule has 0 unspecified atom stereocenters. The lowest BCUT2D eigenvalue weighted by molar-refractivity contribution is -0.117. The molecule has 0 aliphatic carbocycles. The predicted octanol–water partition coefficient (Wildman–Crippen LogP) is 3.15.